The molecule has 1 aromatic carbocycles. The Morgan fingerprint density at radius 1 is 1.14 bits per heavy atom. The fourth-order valence-electron chi connectivity index (χ4n) is 2.03. The van der Waals surface area contributed by atoms with Crippen molar-refractivity contribution in [3.05, 3.63) is 47.7 Å². The predicted octanol–water partition coefficient (Wildman–Crippen LogP) is 4.01. The van der Waals surface area contributed by atoms with Crippen LogP contribution in [0.2, 0.25) is 0 Å². The Balaban J connectivity index is 2.03. The van der Waals surface area contributed by atoms with Gasteiger partial charge in [-0.1, -0.05) is 6.07 Å². The maximum Gasteiger partial charge on any atom is 0.412 e. The van der Waals surface area contributed by atoms with Crippen molar-refractivity contribution < 1.29 is 9.53 Å². The van der Waals surface area contributed by atoms with Gasteiger partial charge in [-0.05, 0) is 56.2 Å². The van der Waals surface area contributed by atoms with Gasteiger partial charge in [0.25, 0.3) is 0 Å². The van der Waals surface area contributed by atoms with Gasteiger partial charge in [-0.15, -0.1) is 0 Å². The Bertz CT molecular complexity index is 604. The minimum Gasteiger partial charge on any atom is -0.450 e. The fraction of sp³-hybridized carbons (Fsp3) is 0.250. The summed E-state index contributed by atoms with van der Waals surface area (Å²) in [6, 6.07) is 9.83. The fourth-order valence-corrected chi connectivity index (χ4v) is 2.03. The molecule has 1 amide bonds. The van der Waals surface area contributed by atoms with Crippen LogP contribution in [0.25, 0.3) is 0 Å². The van der Waals surface area contributed by atoms with Crippen LogP contribution in [0.15, 0.2) is 36.5 Å². The highest BCUT2D eigenvalue weighted by atomic mass is 16.5. The van der Waals surface area contributed by atoms with Crippen LogP contribution in [0, 0.1) is 13.8 Å². The molecule has 0 fully saturated rings. The third kappa shape index (κ3) is 4.49. The number of rotatable bonds is 4. The Labute approximate surface area is 124 Å². The van der Waals surface area contributed by atoms with Gasteiger partial charge in [-0.3, -0.25) is 5.32 Å². The molecule has 5 nitrogen and oxygen atoms in total. The maximum atomic E-state index is 11.3. The van der Waals surface area contributed by atoms with E-state index in [1.54, 1.807) is 19.2 Å². The quantitative estimate of drug-likeness (QED) is 0.891. The molecule has 110 valence electrons. The molecule has 0 atom stereocenters. The van der Waals surface area contributed by atoms with Gasteiger partial charge in [0.2, 0.25) is 0 Å². The summed E-state index contributed by atoms with van der Waals surface area (Å²) in [5, 5.41) is 5.84. The molecule has 0 saturated carbocycles. The second-order valence-electron chi connectivity index (χ2n) is 4.78. The van der Waals surface area contributed by atoms with E-state index in [1.807, 2.05) is 6.07 Å². The van der Waals surface area contributed by atoms with Crippen LogP contribution in [-0.2, 0) is 4.74 Å². The molecule has 0 aliphatic rings. The largest absolute Gasteiger partial charge is 0.450 e. The van der Waals surface area contributed by atoms with Crippen LogP contribution >= 0.6 is 0 Å². The molecule has 0 radical (unpaired) electrons. The summed E-state index contributed by atoms with van der Waals surface area (Å²) >= 11 is 0. The SMILES string of the molecule is CCOC(=O)Nc1ccc(Nc2cc(C)cc(C)c2)cn1. The van der Waals surface area contributed by atoms with Gasteiger partial charge in [0.05, 0.1) is 18.5 Å². The highest BCUT2D eigenvalue weighted by Gasteiger charge is 2.03. The Morgan fingerprint density at radius 3 is 2.43 bits per heavy atom. The molecule has 0 unspecified atom stereocenters. The average Bonchev–Trinajstić information content (AvgIpc) is 2.40. The lowest BCUT2D eigenvalue weighted by Crippen LogP contribution is -2.14. The number of anilines is 3. The van der Waals surface area contributed by atoms with E-state index in [0.29, 0.717) is 12.4 Å². The molecule has 0 spiro atoms. The summed E-state index contributed by atoms with van der Waals surface area (Å²) < 4.78 is 4.79. The summed E-state index contributed by atoms with van der Waals surface area (Å²) in [4.78, 5) is 15.4. The molecule has 21 heavy (non-hydrogen) atoms. The first-order chi connectivity index (χ1) is 10.1. The lowest BCUT2D eigenvalue weighted by Gasteiger charge is -2.09. The smallest absolute Gasteiger partial charge is 0.412 e. The Morgan fingerprint density at radius 2 is 1.86 bits per heavy atom. The number of ether oxygens (including phenoxy) is 1. The molecule has 2 aromatic rings. The number of hydrogen-bond acceptors (Lipinski definition) is 4. The van der Waals surface area contributed by atoms with Crippen LogP contribution in [0.3, 0.4) is 0 Å². The van der Waals surface area contributed by atoms with Crippen LogP contribution in [0.1, 0.15) is 18.1 Å². The average molecular weight is 285 g/mol. The summed E-state index contributed by atoms with van der Waals surface area (Å²) in [6.07, 6.45) is 1.17. The zero-order valence-corrected chi connectivity index (χ0v) is 12.4. The number of hydrogen-bond donors (Lipinski definition) is 2. The molecule has 0 aliphatic carbocycles. The van der Waals surface area contributed by atoms with E-state index in [4.69, 9.17) is 4.74 Å². The van der Waals surface area contributed by atoms with Crippen molar-refractivity contribution in [2.75, 3.05) is 17.2 Å². The topological polar surface area (TPSA) is 63.2 Å². The lowest BCUT2D eigenvalue weighted by atomic mass is 10.1. The molecule has 2 rings (SSSR count). The van der Waals surface area contributed by atoms with Crippen LogP contribution < -0.4 is 10.6 Å². The first kappa shape index (κ1) is 14.8. The Hall–Kier alpha value is -2.56. The van der Waals surface area contributed by atoms with Crippen LogP contribution in [0.4, 0.5) is 22.0 Å². The van der Waals surface area contributed by atoms with E-state index in [9.17, 15) is 4.79 Å². The zero-order valence-electron chi connectivity index (χ0n) is 12.4. The van der Waals surface area contributed by atoms with Gasteiger partial charge in [0, 0.05) is 5.69 Å². The number of nitrogens with one attached hydrogen (secondary N) is 2. The van der Waals surface area contributed by atoms with Crippen molar-refractivity contribution in [2.45, 2.75) is 20.8 Å². The maximum absolute atomic E-state index is 11.3. The third-order valence-corrected chi connectivity index (χ3v) is 2.78. The van der Waals surface area contributed by atoms with Gasteiger partial charge in [0.1, 0.15) is 5.82 Å². The van der Waals surface area contributed by atoms with E-state index >= 15 is 0 Å². The van der Waals surface area contributed by atoms with Gasteiger partial charge >= 0.3 is 6.09 Å². The van der Waals surface area contributed by atoms with E-state index in [-0.39, 0.29) is 0 Å². The molecular weight excluding hydrogens is 266 g/mol. The van der Waals surface area contributed by atoms with Crippen molar-refractivity contribution >= 4 is 23.3 Å². The van der Waals surface area contributed by atoms with Gasteiger partial charge in [0.15, 0.2) is 0 Å². The highest BCUT2D eigenvalue weighted by Crippen LogP contribution is 2.19. The first-order valence-electron chi connectivity index (χ1n) is 6.82. The molecular formula is C16H19N3O2. The number of aromatic nitrogens is 1. The number of carbonyl (C=O) groups is 1. The van der Waals surface area contributed by atoms with Gasteiger partial charge < -0.3 is 10.1 Å². The molecule has 0 bridgehead atoms. The molecule has 0 aliphatic heterocycles. The van der Waals surface area contributed by atoms with Crippen molar-refractivity contribution in [1.29, 1.82) is 0 Å². The van der Waals surface area contributed by atoms with E-state index in [1.165, 1.54) is 11.1 Å². The second kappa shape index (κ2) is 6.74. The lowest BCUT2D eigenvalue weighted by molar-refractivity contribution is 0.168. The summed E-state index contributed by atoms with van der Waals surface area (Å²) in [6.45, 7) is 6.20. The van der Waals surface area contributed by atoms with E-state index in [0.717, 1.165) is 11.4 Å². The second-order valence-corrected chi connectivity index (χ2v) is 4.78. The standard InChI is InChI=1S/C16H19N3O2/c1-4-21-16(20)19-15-6-5-13(10-17-15)18-14-8-11(2)7-12(3)9-14/h5-10,18H,4H2,1-3H3,(H,17,19,20). The molecule has 1 aromatic heterocycles. The molecule has 0 saturated heterocycles. The van der Waals surface area contributed by atoms with E-state index in [2.05, 4.69) is 47.7 Å². The van der Waals surface area contributed by atoms with Gasteiger partial charge in [-0.2, -0.15) is 0 Å². The summed E-state index contributed by atoms with van der Waals surface area (Å²) in [5.74, 6) is 0.458. The molecule has 1 heterocycles. The van der Waals surface area contributed by atoms with Crippen molar-refractivity contribution in [3.63, 3.8) is 0 Å². The molecule has 2 N–H and O–H groups in total. The minimum absolute atomic E-state index is 0.332. The number of amides is 1. The number of pyridine rings is 1. The normalized spacial score (nSPS) is 10.0. The zero-order chi connectivity index (χ0) is 15.2. The Kier molecular flexibility index (Phi) is 4.77. The van der Waals surface area contributed by atoms with Crippen LogP contribution in [-0.4, -0.2) is 17.7 Å². The monoisotopic (exact) mass is 285 g/mol. The van der Waals surface area contributed by atoms with Crippen molar-refractivity contribution in [3.8, 4) is 0 Å². The predicted molar refractivity (Wildman–Crippen MR) is 84.1 cm³/mol. The van der Waals surface area contributed by atoms with Crippen molar-refractivity contribution in [2.24, 2.45) is 0 Å². The van der Waals surface area contributed by atoms with E-state index < -0.39 is 6.09 Å². The number of aryl methyl sites for hydroxylation is 2. The van der Waals surface area contributed by atoms with Crippen molar-refractivity contribution in [1.82, 2.24) is 4.98 Å². The van der Waals surface area contributed by atoms with Crippen LogP contribution in [0.5, 0.6) is 0 Å². The molecule has 5 heteroatoms. The number of nitrogens with zero attached hydrogens (tertiary/aromatic N) is 1. The first-order valence-corrected chi connectivity index (χ1v) is 6.82. The highest BCUT2D eigenvalue weighted by molar-refractivity contribution is 5.83. The number of carbonyl (C=O) groups excluding carboxylic acids is 1. The van der Waals surface area contributed by atoms with Gasteiger partial charge in [-0.25, -0.2) is 9.78 Å². The summed E-state index contributed by atoms with van der Waals surface area (Å²) in [7, 11) is 0. The number of benzene rings is 1. The summed E-state index contributed by atoms with van der Waals surface area (Å²) in [5.41, 5.74) is 4.27. The third-order valence-electron chi connectivity index (χ3n) is 2.78. The minimum atomic E-state index is -0.500.